The lowest BCUT2D eigenvalue weighted by atomic mass is 9.82. The Labute approximate surface area is 278 Å². The fourth-order valence-electron chi connectivity index (χ4n) is 5.77. The van der Waals surface area contributed by atoms with E-state index in [1.807, 2.05) is 0 Å². The lowest BCUT2D eigenvalue weighted by molar-refractivity contribution is -0.116. The number of nitrogens with zero attached hydrogens (tertiary/aromatic N) is 10. The highest BCUT2D eigenvalue weighted by Gasteiger charge is 2.46. The number of nitrogens with one attached hydrogen (secondary N) is 2. The first kappa shape index (κ1) is 32.1. The highest BCUT2D eigenvalue weighted by atomic mass is 32.1. The first-order valence-electron chi connectivity index (χ1n) is 15.1. The van der Waals surface area contributed by atoms with E-state index in [2.05, 4.69) is 51.0 Å². The average Bonchev–Trinajstić information content (AvgIpc) is 3.69. The molecule has 2 atom stereocenters. The van der Waals surface area contributed by atoms with Gasteiger partial charge in [0.1, 0.15) is 10.0 Å². The Morgan fingerprint density at radius 2 is 1.17 bits per heavy atom. The molecule has 4 aromatic rings. The van der Waals surface area contributed by atoms with Gasteiger partial charge in [-0.1, -0.05) is 29.1 Å². The molecule has 0 radical (unpaired) electrons. The summed E-state index contributed by atoms with van der Waals surface area (Å²) < 4.78 is 52.9. The van der Waals surface area contributed by atoms with Crippen molar-refractivity contribution in [1.82, 2.24) is 40.3 Å². The fraction of sp³-hybridized carbons (Fsp3) is 0.500. The Morgan fingerprint density at radius 3 is 1.58 bits per heavy atom. The molecular weight excluding hydrogens is 677 g/mol. The maximum Gasteiger partial charge on any atom is 0.282 e. The number of halogens is 4. The van der Waals surface area contributed by atoms with E-state index in [9.17, 15) is 27.2 Å². The van der Waals surface area contributed by atoms with Gasteiger partial charge in [0.2, 0.25) is 34.0 Å². The zero-order chi connectivity index (χ0) is 33.5. The van der Waals surface area contributed by atoms with Crippen molar-refractivity contribution in [3.63, 3.8) is 0 Å². The number of aromatic nitrogens is 8. The first-order chi connectivity index (χ1) is 23.0. The van der Waals surface area contributed by atoms with Crippen LogP contribution in [0.3, 0.4) is 0 Å². The summed E-state index contributed by atoms with van der Waals surface area (Å²) in [6.07, 6.45) is 6.22. The number of amides is 2. The Morgan fingerprint density at radius 1 is 0.729 bits per heavy atom. The second-order valence-corrected chi connectivity index (χ2v) is 14.0. The van der Waals surface area contributed by atoms with Crippen molar-refractivity contribution in [2.75, 3.05) is 46.6 Å². The molecule has 0 aromatic carbocycles. The maximum absolute atomic E-state index is 13.2. The highest BCUT2D eigenvalue weighted by Crippen LogP contribution is 2.43. The minimum atomic E-state index is -2.75. The van der Waals surface area contributed by atoms with Crippen LogP contribution in [-0.4, -0.2) is 90.2 Å². The van der Waals surface area contributed by atoms with Crippen molar-refractivity contribution in [3.05, 3.63) is 45.9 Å². The summed E-state index contributed by atoms with van der Waals surface area (Å²) in [6.45, 7) is -1.79. The second kappa shape index (κ2) is 12.9. The highest BCUT2D eigenvalue weighted by molar-refractivity contribution is 7.15. The van der Waals surface area contributed by atoms with Crippen LogP contribution in [0, 0.1) is 0 Å². The third-order valence-electron chi connectivity index (χ3n) is 8.09. The van der Waals surface area contributed by atoms with E-state index >= 15 is 0 Å². The van der Waals surface area contributed by atoms with E-state index < -0.39 is 38.0 Å². The van der Waals surface area contributed by atoms with E-state index in [0.29, 0.717) is 21.7 Å². The predicted octanol–water partition coefficient (Wildman–Crippen LogP) is 3.68. The fourth-order valence-corrected chi connectivity index (χ4v) is 7.59. The normalized spacial score (nSPS) is 21.2. The number of rotatable bonds is 10. The van der Waals surface area contributed by atoms with Crippen LogP contribution in [0.2, 0.25) is 0 Å². The molecule has 0 spiro atoms. The maximum atomic E-state index is 13.2. The number of hydrogen-bond acceptors (Lipinski definition) is 14. The van der Waals surface area contributed by atoms with Crippen LogP contribution in [0.1, 0.15) is 58.9 Å². The Kier molecular flexibility index (Phi) is 8.60. The van der Waals surface area contributed by atoms with Gasteiger partial charge in [0.25, 0.3) is 11.8 Å². The molecule has 3 fully saturated rings. The summed E-state index contributed by atoms with van der Waals surface area (Å²) in [5.41, 5.74) is 0.806. The van der Waals surface area contributed by atoms with E-state index in [1.54, 1.807) is 12.1 Å². The molecule has 1 saturated carbocycles. The summed E-state index contributed by atoms with van der Waals surface area (Å²) in [6, 6.07) is 3.13. The topological polar surface area (TPSA) is 168 Å². The van der Waals surface area contributed by atoms with Gasteiger partial charge in [-0.3, -0.25) is 9.59 Å². The van der Waals surface area contributed by atoms with E-state index in [4.69, 9.17) is 0 Å². The summed E-state index contributed by atoms with van der Waals surface area (Å²) in [5, 5.41) is 24.7. The van der Waals surface area contributed by atoms with Crippen molar-refractivity contribution in [1.29, 1.82) is 0 Å². The molecule has 14 nitrogen and oxygen atoms in total. The molecule has 252 valence electrons. The molecule has 2 amide bonds. The van der Waals surface area contributed by atoms with Crippen LogP contribution in [0.15, 0.2) is 24.5 Å². The van der Waals surface area contributed by atoms with Crippen molar-refractivity contribution in [2.45, 2.75) is 62.2 Å². The van der Waals surface area contributed by atoms with Gasteiger partial charge >= 0.3 is 0 Å². The van der Waals surface area contributed by atoms with Crippen LogP contribution in [0.4, 0.5) is 39.7 Å². The van der Waals surface area contributed by atoms with E-state index in [1.165, 1.54) is 44.9 Å². The lowest BCUT2D eigenvalue weighted by Crippen LogP contribution is -2.57. The van der Waals surface area contributed by atoms with Crippen LogP contribution in [0.25, 0.3) is 0 Å². The quantitative estimate of drug-likeness (QED) is 0.230. The largest absolute Gasteiger partial charge is 0.329 e. The SMILES string of the molecule is O=C(Cc1ccnc(N2CC(F)(F)C2)n1)Nc1nnc(C2CCCC(c3nnc(NC(=O)Cc4ccnc(N5CC(F)(F)C5)n4)s3)C2)s1. The molecule has 1 aliphatic carbocycles. The van der Waals surface area contributed by atoms with E-state index in [-0.39, 0.29) is 48.4 Å². The minimum Gasteiger partial charge on any atom is -0.329 e. The van der Waals surface area contributed by atoms with Gasteiger partial charge in [-0.25, -0.2) is 37.5 Å². The van der Waals surface area contributed by atoms with Gasteiger partial charge in [0, 0.05) is 24.2 Å². The molecule has 4 aromatic heterocycles. The van der Waals surface area contributed by atoms with Gasteiger partial charge in [0.15, 0.2) is 0 Å². The molecule has 3 aliphatic rings. The second-order valence-electron chi connectivity index (χ2n) is 12.0. The monoisotopic (exact) mass is 704 g/mol. The van der Waals surface area contributed by atoms with E-state index in [0.717, 1.165) is 35.7 Å². The van der Waals surface area contributed by atoms with Gasteiger partial charge in [-0.05, 0) is 31.4 Å². The third kappa shape index (κ3) is 7.48. The molecule has 2 unspecified atom stereocenters. The van der Waals surface area contributed by atoms with Gasteiger partial charge < -0.3 is 20.4 Å². The summed E-state index contributed by atoms with van der Waals surface area (Å²) >= 11 is 2.60. The first-order valence-corrected chi connectivity index (χ1v) is 16.8. The summed E-state index contributed by atoms with van der Waals surface area (Å²) in [7, 11) is 0. The zero-order valence-electron chi connectivity index (χ0n) is 25.2. The van der Waals surface area contributed by atoms with Crippen molar-refractivity contribution >= 4 is 56.6 Å². The van der Waals surface area contributed by atoms with Crippen molar-refractivity contribution in [2.24, 2.45) is 0 Å². The number of carbonyl (C=O) groups excluding carboxylic acids is 2. The molecule has 2 saturated heterocycles. The molecule has 48 heavy (non-hydrogen) atoms. The van der Waals surface area contributed by atoms with Gasteiger partial charge in [-0.15, -0.1) is 20.4 Å². The average molecular weight is 705 g/mol. The number of anilines is 4. The Hall–Kier alpha value is -4.46. The lowest BCUT2D eigenvalue weighted by Gasteiger charge is -2.38. The molecular formula is C28H28F4N12O2S2. The molecule has 2 N–H and O–H groups in total. The predicted molar refractivity (Wildman–Crippen MR) is 167 cm³/mol. The van der Waals surface area contributed by atoms with Crippen LogP contribution in [-0.2, 0) is 22.4 Å². The van der Waals surface area contributed by atoms with Crippen LogP contribution >= 0.6 is 22.7 Å². The summed E-state index contributed by atoms with van der Waals surface area (Å²) in [5.74, 6) is -5.69. The molecule has 7 rings (SSSR count). The summed E-state index contributed by atoms with van der Waals surface area (Å²) in [4.78, 5) is 44.6. The number of carbonyl (C=O) groups is 2. The minimum absolute atomic E-state index is 0.0731. The van der Waals surface area contributed by atoms with Crippen LogP contribution in [0.5, 0.6) is 0 Å². The zero-order valence-corrected chi connectivity index (χ0v) is 26.8. The smallest absolute Gasteiger partial charge is 0.282 e. The third-order valence-corrected chi connectivity index (χ3v) is 10.1. The van der Waals surface area contributed by atoms with Crippen molar-refractivity contribution in [3.8, 4) is 0 Å². The Balaban J connectivity index is 0.899. The van der Waals surface area contributed by atoms with Gasteiger partial charge in [0.05, 0.1) is 50.4 Å². The van der Waals surface area contributed by atoms with Gasteiger partial charge in [-0.2, -0.15) is 0 Å². The molecule has 0 bridgehead atoms. The standard InChI is InChI=1S/C28H28F4N12O2S2/c29-27(30)11-43(12-27)23-33-6-4-17(35-23)9-19(45)37-25-41-39-21(47-25)15-2-1-3-16(8-15)22-40-42-26(48-22)38-20(46)10-18-5-7-34-24(36-18)44-13-28(31,32)14-44/h4-7,15-16H,1-3,8-14H2,(H,37,41,45)(H,38,42,46). The molecule has 6 heterocycles. The molecule has 20 heteroatoms. The molecule has 2 aliphatic heterocycles. The van der Waals surface area contributed by atoms with Crippen molar-refractivity contribution < 1.29 is 27.2 Å². The number of hydrogen-bond donors (Lipinski definition) is 2. The number of alkyl halides is 4. The Bertz CT molecular complexity index is 1680. The van der Waals surface area contributed by atoms with Crippen LogP contribution < -0.4 is 20.4 Å².